The Kier molecular flexibility index (Phi) is 4.71. The first kappa shape index (κ1) is 15.7. The minimum Gasteiger partial charge on any atom is -0.459 e. The standard InChI is InChI=1S/C17H21N3O3/c1-12-8-13(20-11-18-10-19-20)6-7-16(12)17(21)23-15-5-3-4-14(9-15)22-2/h6-8,10-11,14-15H,3-5,9H2,1-2H3/t14-,15-/m1/s1. The third kappa shape index (κ3) is 3.59. The molecule has 1 aliphatic carbocycles. The lowest BCUT2D eigenvalue weighted by atomic mass is 9.95. The maximum absolute atomic E-state index is 12.4. The van der Waals surface area contributed by atoms with E-state index in [2.05, 4.69) is 10.1 Å². The lowest BCUT2D eigenvalue weighted by Gasteiger charge is -2.28. The number of carbonyl (C=O) groups is 1. The van der Waals surface area contributed by atoms with Gasteiger partial charge in [-0.15, -0.1) is 0 Å². The topological polar surface area (TPSA) is 66.2 Å². The number of rotatable bonds is 4. The molecule has 2 aromatic rings. The highest BCUT2D eigenvalue weighted by atomic mass is 16.5. The number of benzene rings is 1. The van der Waals surface area contributed by atoms with Crippen molar-refractivity contribution in [2.24, 2.45) is 0 Å². The smallest absolute Gasteiger partial charge is 0.338 e. The molecule has 0 unspecified atom stereocenters. The average molecular weight is 315 g/mol. The van der Waals surface area contributed by atoms with Crippen molar-refractivity contribution in [3.63, 3.8) is 0 Å². The zero-order valence-electron chi connectivity index (χ0n) is 13.4. The van der Waals surface area contributed by atoms with E-state index in [9.17, 15) is 4.79 Å². The second kappa shape index (κ2) is 6.91. The molecular formula is C17H21N3O3. The summed E-state index contributed by atoms with van der Waals surface area (Å²) in [5, 5.41) is 4.09. The molecule has 0 spiro atoms. The molecule has 1 heterocycles. The van der Waals surface area contributed by atoms with Crippen molar-refractivity contribution in [3.05, 3.63) is 42.0 Å². The van der Waals surface area contributed by atoms with Gasteiger partial charge in [0, 0.05) is 13.5 Å². The summed E-state index contributed by atoms with van der Waals surface area (Å²) in [6, 6.07) is 5.53. The maximum Gasteiger partial charge on any atom is 0.338 e. The number of nitrogens with zero attached hydrogens (tertiary/aromatic N) is 3. The lowest BCUT2D eigenvalue weighted by Crippen LogP contribution is -2.29. The Morgan fingerprint density at radius 1 is 1.30 bits per heavy atom. The third-order valence-electron chi connectivity index (χ3n) is 4.30. The van der Waals surface area contributed by atoms with E-state index in [0.29, 0.717) is 5.56 Å². The number of aryl methyl sites for hydroxylation is 1. The van der Waals surface area contributed by atoms with Crippen LogP contribution in [-0.4, -0.2) is 40.1 Å². The van der Waals surface area contributed by atoms with Crippen molar-refractivity contribution >= 4 is 5.97 Å². The van der Waals surface area contributed by atoms with Gasteiger partial charge in [0.1, 0.15) is 18.8 Å². The molecule has 0 N–H and O–H groups in total. The zero-order chi connectivity index (χ0) is 16.2. The molecule has 1 aromatic carbocycles. The number of ether oxygens (including phenoxy) is 2. The van der Waals surface area contributed by atoms with Gasteiger partial charge in [-0.2, -0.15) is 5.10 Å². The first-order valence-corrected chi connectivity index (χ1v) is 7.87. The second-order valence-corrected chi connectivity index (χ2v) is 5.89. The predicted molar refractivity (Wildman–Crippen MR) is 84.6 cm³/mol. The highest BCUT2D eigenvalue weighted by Gasteiger charge is 2.25. The van der Waals surface area contributed by atoms with E-state index in [1.807, 2.05) is 19.1 Å². The monoisotopic (exact) mass is 315 g/mol. The Hall–Kier alpha value is -2.21. The van der Waals surface area contributed by atoms with Crippen LogP contribution < -0.4 is 0 Å². The Morgan fingerprint density at radius 3 is 2.83 bits per heavy atom. The van der Waals surface area contributed by atoms with Crippen LogP contribution in [0.5, 0.6) is 0 Å². The van der Waals surface area contributed by atoms with Crippen LogP contribution >= 0.6 is 0 Å². The van der Waals surface area contributed by atoms with Gasteiger partial charge in [0.05, 0.1) is 17.4 Å². The number of esters is 1. The van der Waals surface area contributed by atoms with Gasteiger partial charge in [-0.05, 0) is 49.9 Å². The first-order chi connectivity index (χ1) is 11.2. The molecule has 0 amide bonds. The van der Waals surface area contributed by atoms with Gasteiger partial charge < -0.3 is 9.47 Å². The highest BCUT2D eigenvalue weighted by molar-refractivity contribution is 5.91. The summed E-state index contributed by atoms with van der Waals surface area (Å²) in [6.07, 6.45) is 6.98. The van der Waals surface area contributed by atoms with Gasteiger partial charge in [0.25, 0.3) is 0 Å². The SMILES string of the molecule is CO[C@@H]1CCC[C@@H](OC(=O)c2ccc(-n3cncn3)cc2C)C1. The van der Waals surface area contributed by atoms with E-state index >= 15 is 0 Å². The number of carbonyl (C=O) groups excluding carboxylic acids is 1. The molecule has 1 saturated carbocycles. The van der Waals surface area contributed by atoms with Crippen LogP contribution in [0.2, 0.25) is 0 Å². The van der Waals surface area contributed by atoms with Crippen LogP contribution in [0.4, 0.5) is 0 Å². The number of aromatic nitrogens is 3. The largest absolute Gasteiger partial charge is 0.459 e. The lowest BCUT2D eigenvalue weighted by molar-refractivity contribution is -0.0149. The van der Waals surface area contributed by atoms with Crippen LogP contribution in [0.3, 0.4) is 0 Å². The van der Waals surface area contributed by atoms with Gasteiger partial charge in [-0.3, -0.25) is 0 Å². The maximum atomic E-state index is 12.4. The minimum atomic E-state index is -0.269. The molecule has 1 aromatic heterocycles. The molecule has 1 aliphatic rings. The summed E-state index contributed by atoms with van der Waals surface area (Å²) in [5.74, 6) is -0.269. The molecular weight excluding hydrogens is 294 g/mol. The van der Waals surface area contributed by atoms with Crippen LogP contribution in [-0.2, 0) is 9.47 Å². The normalized spacial score (nSPS) is 21.1. The van der Waals surface area contributed by atoms with Crippen LogP contribution in [0.1, 0.15) is 41.6 Å². The Bertz CT molecular complexity index is 670. The summed E-state index contributed by atoms with van der Waals surface area (Å²) in [6.45, 7) is 1.90. The molecule has 0 radical (unpaired) electrons. The summed E-state index contributed by atoms with van der Waals surface area (Å²) < 4.78 is 12.7. The number of methoxy groups -OCH3 is 1. The van der Waals surface area contributed by atoms with Crippen LogP contribution in [0.15, 0.2) is 30.9 Å². The molecule has 0 saturated heterocycles. The fourth-order valence-electron chi connectivity index (χ4n) is 3.00. The molecule has 2 atom stereocenters. The van der Waals surface area contributed by atoms with E-state index in [0.717, 1.165) is 36.9 Å². The Morgan fingerprint density at radius 2 is 2.13 bits per heavy atom. The third-order valence-corrected chi connectivity index (χ3v) is 4.30. The Balaban J connectivity index is 1.70. The molecule has 1 fully saturated rings. The van der Waals surface area contributed by atoms with Crippen molar-refractivity contribution in [3.8, 4) is 5.69 Å². The van der Waals surface area contributed by atoms with Gasteiger partial charge >= 0.3 is 5.97 Å². The van der Waals surface area contributed by atoms with Gasteiger partial charge in [0.2, 0.25) is 0 Å². The molecule has 3 rings (SSSR count). The molecule has 122 valence electrons. The molecule has 23 heavy (non-hydrogen) atoms. The zero-order valence-corrected chi connectivity index (χ0v) is 13.4. The fourth-order valence-corrected chi connectivity index (χ4v) is 3.00. The number of hydrogen-bond acceptors (Lipinski definition) is 5. The summed E-state index contributed by atoms with van der Waals surface area (Å²) >= 11 is 0. The molecule has 6 heteroatoms. The van der Waals surface area contributed by atoms with E-state index in [4.69, 9.17) is 9.47 Å². The van der Waals surface area contributed by atoms with Gasteiger partial charge in [-0.25, -0.2) is 14.5 Å². The summed E-state index contributed by atoms with van der Waals surface area (Å²) in [4.78, 5) is 16.4. The van der Waals surface area contributed by atoms with Crippen molar-refractivity contribution in [2.45, 2.75) is 44.8 Å². The molecule has 0 bridgehead atoms. The van der Waals surface area contributed by atoms with Crippen LogP contribution in [0.25, 0.3) is 5.69 Å². The van der Waals surface area contributed by atoms with Crippen molar-refractivity contribution in [2.75, 3.05) is 7.11 Å². The predicted octanol–water partition coefficient (Wildman–Crippen LogP) is 2.69. The average Bonchev–Trinajstić information content (AvgIpc) is 3.09. The van der Waals surface area contributed by atoms with Gasteiger partial charge in [-0.1, -0.05) is 0 Å². The van der Waals surface area contributed by atoms with Crippen molar-refractivity contribution in [1.29, 1.82) is 0 Å². The Labute approximate surface area is 135 Å². The van der Waals surface area contributed by atoms with E-state index in [1.54, 1.807) is 24.2 Å². The first-order valence-electron chi connectivity index (χ1n) is 7.87. The highest BCUT2D eigenvalue weighted by Crippen LogP contribution is 2.24. The van der Waals surface area contributed by atoms with Gasteiger partial charge in [0.15, 0.2) is 0 Å². The molecule has 6 nitrogen and oxygen atoms in total. The summed E-state index contributed by atoms with van der Waals surface area (Å²) in [5.41, 5.74) is 2.32. The quantitative estimate of drug-likeness (QED) is 0.812. The van der Waals surface area contributed by atoms with Crippen molar-refractivity contribution in [1.82, 2.24) is 14.8 Å². The summed E-state index contributed by atoms with van der Waals surface area (Å²) in [7, 11) is 1.71. The molecule has 0 aliphatic heterocycles. The van der Waals surface area contributed by atoms with E-state index in [-0.39, 0.29) is 18.2 Å². The minimum absolute atomic E-state index is 0.0596. The fraction of sp³-hybridized carbons (Fsp3) is 0.471. The van der Waals surface area contributed by atoms with E-state index < -0.39 is 0 Å². The number of hydrogen-bond donors (Lipinski definition) is 0. The second-order valence-electron chi connectivity index (χ2n) is 5.89. The van der Waals surface area contributed by atoms with E-state index in [1.165, 1.54) is 6.33 Å². The van der Waals surface area contributed by atoms with Crippen LogP contribution in [0, 0.1) is 6.92 Å². The van der Waals surface area contributed by atoms with Crippen molar-refractivity contribution < 1.29 is 14.3 Å².